The first-order valence-electron chi connectivity index (χ1n) is 7.35. The van der Waals surface area contributed by atoms with Crippen LogP contribution in [0.5, 0.6) is 17.2 Å². The van der Waals surface area contributed by atoms with E-state index in [1.807, 2.05) is 13.8 Å². The fraction of sp³-hybridized carbons (Fsp3) is 0.600. The molecule has 7 nitrogen and oxygen atoms in total. The van der Waals surface area contributed by atoms with Crippen molar-refractivity contribution in [2.75, 3.05) is 27.9 Å². The summed E-state index contributed by atoms with van der Waals surface area (Å²) in [6.45, 7) is 3.97. The Morgan fingerprint density at radius 3 is 1.83 bits per heavy atom. The molecule has 0 radical (unpaired) electrons. The van der Waals surface area contributed by atoms with Crippen LogP contribution in [-0.4, -0.2) is 41.8 Å². The molecule has 0 fully saturated rings. The maximum absolute atomic E-state index is 12.7. The molecular weight excluding hydrogens is 356 g/mol. The molecule has 0 aliphatic rings. The van der Waals surface area contributed by atoms with Gasteiger partial charge in [0.15, 0.2) is 4.90 Å². The number of hydrogen-bond donors (Lipinski definition) is 2. The topological polar surface area (TPSA) is 99.9 Å². The molecular formula is C15H27ClN2O5S. The monoisotopic (exact) mass is 382 g/mol. The summed E-state index contributed by atoms with van der Waals surface area (Å²) in [6.07, 6.45) is 1.31. The molecule has 0 aliphatic carbocycles. The van der Waals surface area contributed by atoms with Crippen molar-refractivity contribution in [1.82, 2.24) is 4.72 Å². The highest BCUT2D eigenvalue weighted by Gasteiger charge is 2.29. The zero-order valence-electron chi connectivity index (χ0n) is 14.7. The largest absolute Gasteiger partial charge is 0.496 e. The Labute approximate surface area is 150 Å². The number of nitrogens with one attached hydrogen (secondary N) is 1. The van der Waals surface area contributed by atoms with Gasteiger partial charge in [0.05, 0.1) is 21.3 Å². The van der Waals surface area contributed by atoms with Gasteiger partial charge in [-0.2, -0.15) is 0 Å². The summed E-state index contributed by atoms with van der Waals surface area (Å²) < 4.78 is 43.5. The molecule has 9 heteroatoms. The van der Waals surface area contributed by atoms with E-state index in [4.69, 9.17) is 19.9 Å². The molecule has 1 aromatic rings. The minimum absolute atomic E-state index is 0. The first kappa shape index (κ1) is 22.8. The lowest BCUT2D eigenvalue weighted by Crippen LogP contribution is -2.49. The maximum atomic E-state index is 12.7. The van der Waals surface area contributed by atoms with Gasteiger partial charge in [-0.1, -0.05) is 13.8 Å². The van der Waals surface area contributed by atoms with E-state index in [1.54, 1.807) is 0 Å². The molecule has 0 heterocycles. The van der Waals surface area contributed by atoms with Gasteiger partial charge >= 0.3 is 0 Å². The lowest BCUT2D eigenvalue weighted by atomic mass is 9.95. The van der Waals surface area contributed by atoms with Gasteiger partial charge in [-0.25, -0.2) is 13.1 Å². The Morgan fingerprint density at radius 2 is 1.50 bits per heavy atom. The molecule has 1 rings (SSSR count). The number of ether oxygens (including phenoxy) is 3. The predicted molar refractivity (Wildman–Crippen MR) is 96.0 cm³/mol. The number of sulfonamides is 1. The summed E-state index contributed by atoms with van der Waals surface area (Å²) in [5.41, 5.74) is 5.56. The van der Waals surface area contributed by atoms with Gasteiger partial charge in [0.2, 0.25) is 10.0 Å². The van der Waals surface area contributed by atoms with Crippen LogP contribution in [0.15, 0.2) is 17.0 Å². The molecule has 0 atom stereocenters. The zero-order valence-corrected chi connectivity index (χ0v) is 16.3. The third kappa shape index (κ3) is 5.14. The minimum atomic E-state index is -3.86. The Balaban J connectivity index is 0.00000529. The van der Waals surface area contributed by atoms with Crippen molar-refractivity contribution >= 4 is 22.4 Å². The van der Waals surface area contributed by atoms with Gasteiger partial charge in [-0.3, -0.25) is 0 Å². The molecule has 0 aromatic heterocycles. The van der Waals surface area contributed by atoms with E-state index in [0.29, 0.717) is 18.6 Å². The van der Waals surface area contributed by atoms with Crippen LogP contribution in [0.2, 0.25) is 0 Å². The van der Waals surface area contributed by atoms with Gasteiger partial charge in [0.1, 0.15) is 17.2 Å². The lowest BCUT2D eigenvalue weighted by molar-refractivity contribution is 0.357. The average Bonchev–Trinajstić information content (AvgIpc) is 2.58. The van der Waals surface area contributed by atoms with E-state index in [1.165, 1.54) is 33.5 Å². The Bertz CT molecular complexity index is 608. The second-order valence-corrected chi connectivity index (χ2v) is 6.96. The quantitative estimate of drug-likeness (QED) is 0.676. The summed E-state index contributed by atoms with van der Waals surface area (Å²) in [4.78, 5) is -0.0714. The van der Waals surface area contributed by atoms with Crippen LogP contribution in [0.25, 0.3) is 0 Å². The fourth-order valence-electron chi connectivity index (χ4n) is 2.05. The summed E-state index contributed by atoms with van der Waals surface area (Å²) in [7, 11) is 0.393. The number of hydrogen-bond acceptors (Lipinski definition) is 6. The molecule has 0 saturated heterocycles. The van der Waals surface area contributed by atoms with Gasteiger partial charge in [0.25, 0.3) is 0 Å². The molecule has 0 saturated carbocycles. The Hall–Kier alpha value is -1.22. The van der Waals surface area contributed by atoms with Gasteiger partial charge < -0.3 is 19.9 Å². The molecule has 0 spiro atoms. The Morgan fingerprint density at radius 1 is 1.04 bits per heavy atom. The summed E-state index contributed by atoms with van der Waals surface area (Å²) in [5.74, 6) is 0.724. The average molecular weight is 383 g/mol. The summed E-state index contributed by atoms with van der Waals surface area (Å²) >= 11 is 0. The number of halogens is 1. The van der Waals surface area contributed by atoms with Crippen LogP contribution in [-0.2, 0) is 10.0 Å². The lowest BCUT2D eigenvalue weighted by Gasteiger charge is -2.27. The first-order chi connectivity index (χ1) is 10.8. The maximum Gasteiger partial charge on any atom is 0.248 e. The van der Waals surface area contributed by atoms with E-state index in [2.05, 4.69) is 4.72 Å². The first-order valence-corrected chi connectivity index (χ1v) is 8.83. The highest BCUT2D eigenvalue weighted by Crippen LogP contribution is 2.37. The number of rotatable bonds is 9. The molecule has 0 amide bonds. The van der Waals surface area contributed by atoms with E-state index in [0.717, 1.165) is 0 Å². The van der Waals surface area contributed by atoms with Crippen LogP contribution in [0, 0.1) is 0 Å². The highest BCUT2D eigenvalue weighted by atomic mass is 35.5. The van der Waals surface area contributed by atoms with Crippen molar-refractivity contribution in [3.05, 3.63) is 12.1 Å². The normalized spacial score (nSPS) is 11.6. The Kier molecular flexibility index (Phi) is 8.84. The molecule has 0 aliphatic heterocycles. The summed E-state index contributed by atoms with van der Waals surface area (Å²) in [5, 5.41) is 0. The second-order valence-electron chi connectivity index (χ2n) is 5.26. The second kappa shape index (κ2) is 9.31. The van der Waals surface area contributed by atoms with Crippen LogP contribution < -0.4 is 24.7 Å². The van der Waals surface area contributed by atoms with E-state index in [9.17, 15) is 8.42 Å². The molecule has 3 N–H and O–H groups in total. The van der Waals surface area contributed by atoms with Crippen molar-refractivity contribution in [1.29, 1.82) is 0 Å². The van der Waals surface area contributed by atoms with E-state index < -0.39 is 15.6 Å². The van der Waals surface area contributed by atoms with Crippen molar-refractivity contribution in [3.8, 4) is 17.2 Å². The number of methoxy groups -OCH3 is 3. The van der Waals surface area contributed by atoms with Crippen molar-refractivity contribution in [3.63, 3.8) is 0 Å². The summed E-state index contributed by atoms with van der Waals surface area (Å²) in [6, 6.07) is 2.98. The number of benzene rings is 1. The van der Waals surface area contributed by atoms with Gasteiger partial charge in [-0.05, 0) is 12.8 Å². The van der Waals surface area contributed by atoms with Crippen LogP contribution >= 0.6 is 12.4 Å². The van der Waals surface area contributed by atoms with E-state index >= 15 is 0 Å². The third-order valence-corrected chi connectivity index (χ3v) is 5.43. The van der Waals surface area contributed by atoms with Crippen LogP contribution in [0.3, 0.4) is 0 Å². The molecule has 24 heavy (non-hydrogen) atoms. The third-order valence-electron chi connectivity index (χ3n) is 3.96. The van der Waals surface area contributed by atoms with Crippen molar-refractivity contribution in [2.24, 2.45) is 5.73 Å². The van der Waals surface area contributed by atoms with Gasteiger partial charge in [-0.15, -0.1) is 12.4 Å². The van der Waals surface area contributed by atoms with Crippen LogP contribution in [0.1, 0.15) is 26.7 Å². The minimum Gasteiger partial charge on any atom is -0.496 e. The van der Waals surface area contributed by atoms with Crippen molar-refractivity contribution < 1.29 is 22.6 Å². The molecule has 1 aromatic carbocycles. The smallest absolute Gasteiger partial charge is 0.248 e. The fourth-order valence-corrected chi connectivity index (χ4v) is 3.49. The van der Waals surface area contributed by atoms with E-state index in [-0.39, 0.29) is 35.3 Å². The predicted octanol–water partition coefficient (Wildman–Crippen LogP) is 1.93. The standard InChI is InChI=1S/C15H26N2O5S.ClH/c1-6-15(16,7-2)10-17-23(18,19)14-12(21-4)8-11(20-3)9-13(14)22-5;/h8-9,17H,6-7,10,16H2,1-5H3;1H. The molecule has 140 valence electrons. The SMILES string of the molecule is CCC(N)(CC)CNS(=O)(=O)c1c(OC)cc(OC)cc1OC.Cl. The zero-order chi connectivity index (χ0) is 17.7. The van der Waals surface area contributed by atoms with Crippen LogP contribution in [0.4, 0.5) is 0 Å². The van der Waals surface area contributed by atoms with Crippen molar-refractivity contribution in [2.45, 2.75) is 37.1 Å². The highest BCUT2D eigenvalue weighted by molar-refractivity contribution is 7.89. The van der Waals surface area contributed by atoms with Gasteiger partial charge in [0, 0.05) is 24.2 Å². The molecule has 0 unspecified atom stereocenters. The number of nitrogens with two attached hydrogens (primary N) is 1. The molecule has 0 bridgehead atoms.